The number of piperazine rings is 1. The molecule has 1 saturated heterocycles. The lowest BCUT2D eigenvalue weighted by molar-refractivity contribution is 0.170. The molecular weight excluding hydrogens is 320 g/mol. The zero-order valence-electron chi connectivity index (χ0n) is 12.0. The smallest absolute Gasteiger partial charge is 0.173 e. The molecule has 0 spiro atoms. The molecule has 6 heteroatoms. The van der Waals surface area contributed by atoms with Gasteiger partial charge in [-0.05, 0) is 49.0 Å². The van der Waals surface area contributed by atoms with Crippen LogP contribution in [0.25, 0.3) is 0 Å². The maximum absolute atomic E-state index is 9.00. The Kier molecular flexibility index (Phi) is 4.55. The summed E-state index contributed by atoms with van der Waals surface area (Å²) >= 11 is 3.49. The van der Waals surface area contributed by atoms with Gasteiger partial charge in [-0.2, -0.15) is 0 Å². The van der Waals surface area contributed by atoms with Crippen LogP contribution < -0.4 is 10.6 Å². The van der Waals surface area contributed by atoms with Crippen LogP contribution in [0.4, 0.5) is 5.69 Å². The molecule has 0 radical (unpaired) electrons. The van der Waals surface area contributed by atoms with E-state index in [1.165, 1.54) is 0 Å². The molecule has 20 heavy (non-hydrogen) atoms. The number of likely N-dealkylation sites (N-methyl/N-ethyl adjacent to an activating group) is 1. The average Bonchev–Trinajstić information content (AvgIpc) is 2.43. The number of rotatable bonds is 2. The van der Waals surface area contributed by atoms with Crippen LogP contribution in [0, 0.1) is 0 Å². The van der Waals surface area contributed by atoms with E-state index in [1.807, 2.05) is 18.2 Å². The molecule has 0 bridgehead atoms. The first-order chi connectivity index (χ1) is 9.45. The summed E-state index contributed by atoms with van der Waals surface area (Å²) in [5, 5.41) is 12.2. The minimum absolute atomic E-state index is 0.131. The van der Waals surface area contributed by atoms with Crippen LogP contribution in [0.1, 0.15) is 19.4 Å². The zero-order valence-corrected chi connectivity index (χ0v) is 13.6. The lowest BCUT2D eigenvalue weighted by Crippen LogP contribution is -2.55. The fourth-order valence-corrected chi connectivity index (χ4v) is 3.24. The molecule has 5 nitrogen and oxygen atoms in total. The van der Waals surface area contributed by atoms with Crippen molar-refractivity contribution in [1.29, 1.82) is 0 Å². The van der Waals surface area contributed by atoms with Crippen molar-refractivity contribution in [2.45, 2.75) is 25.9 Å². The first-order valence-corrected chi connectivity index (χ1v) is 7.48. The molecule has 0 aliphatic carbocycles. The second-order valence-electron chi connectivity index (χ2n) is 5.39. The quantitative estimate of drug-likeness (QED) is 0.374. The monoisotopic (exact) mass is 340 g/mol. The fraction of sp³-hybridized carbons (Fsp3) is 0.500. The van der Waals surface area contributed by atoms with Crippen molar-refractivity contribution in [1.82, 2.24) is 4.90 Å². The molecule has 2 unspecified atom stereocenters. The van der Waals surface area contributed by atoms with Crippen LogP contribution in [0.15, 0.2) is 27.8 Å². The maximum Gasteiger partial charge on any atom is 0.173 e. The van der Waals surface area contributed by atoms with Gasteiger partial charge in [-0.1, -0.05) is 11.2 Å². The molecule has 1 fully saturated rings. The van der Waals surface area contributed by atoms with Gasteiger partial charge in [0.05, 0.1) is 5.56 Å². The predicted octanol–water partition coefficient (Wildman–Crippen LogP) is 2.07. The third-order valence-electron chi connectivity index (χ3n) is 4.06. The fourth-order valence-electron chi connectivity index (χ4n) is 2.68. The van der Waals surface area contributed by atoms with Gasteiger partial charge in [0.1, 0.15) is 0 Å². The molecule has 0 amide bonds. The Morgan fingerprint density at radius 3 is 2.50 bits per heavy atom. The Balaban J connectivity index is 2.41. The lowest BCUT2D eigenvalue weighted by atomic mass is 10.1. The Hall–Kier alpha value is -1.27. The number of hydrogen-bond donors (Lipinski definition) is 2. The number of oxime groups is 1. The van der Waals surface area contributed by atoms with Crippen LogP contribution in [0.5, 0.6) is 0 Å². The molecule has 1 aliphatic heterocycles. The largest absolute Gasteiger partial charge is 0.409 e. The number of nitrogens with two attached hydrogens (primary N) is 1. The van der Waals surface area contributed by atoms with E-state index >= 15 is 0 Å². The number of halogens is 1. The van der Waals surface area contributed by atoms with Crippen LogP contribution in [-0.2, 0) is 0 Å². The van der Waals surface area contributed by atoms with Gasteiger partial charge in [-0.15, -0.1) is 0 Å². The van der Waals surface area contributed by atoms with Crippen LogP contribution in [0.3, 0.4) is 0 Å². The summed E-state index contributed by atoms with van der Waals surface area (Å²) in [5.74, 6) is 0.131. The topological polar surface area (TPSA) is 65.1 Å². The molecule has 3 N–H and O–H groups in total. The summed E-state index contributed by atoms with van der Waals surface area (Å²) in [5.41, 5.74) is 7.58. The van der Waals surface area contributed by atoms with E-state index in [4.69, 9.17) is 10.9 Å². The molecule has 1 heterocycles. The van der Waals surface area contributed by atoms with Crippen molar-refractivity contribution in [2.75, 3.05) is 25.0 Å². The molecule has 1 aromatic rings. The van der Waals surface area contributed by atoms with Crippen LogP contribution >= 0.6 is 15.9 Å². The summed E-state index contributed by atoms with van der Waals surface area (Å²) in [6.45, 7) is 6.26. The Bertz CT molecular complexity index is 508. The number of anilines is 1. The number of hydrogen-bond acceptors (Lipinski definition) is 4. The van der Waals surface area contributed by atoms with E-state index < -0.39 is 0 Å². The second-order valence-corrected chi connectivity index (χ2v) is 6.24. The highest BCUT2D eigenvalue weighted by Crippen LogP contribution is 2.30. The van der Waals surface area contributed by atoms with E-state index in [0.29, 0.717) is 12.1 Å². The minimum atomic E-state index is 0.131. The van der Waals surface area contributed by atoms with E-state index in [2.05, 4.69) is 51.8 Å². The van der Waals surface area contributed by atoms with Crippen molar-refractivity contribution >= 4 is 27.5 Å². The molecular formula is C14H21BrN4O. The third-order valence-corrected chi connectivity index (χ3v) is 4.72. The molecule has 2 rings (SSSR count). The Morgan fingerprint density at radius 1 is 1.35 bits per heavy atom. The molecule has 110 valence electrons. The highest BCUT2D eigenvalue weighted by molar-refractivity contribution is 9.10. The average molecular weight is 341 g/mol. The van der Waals surface area contributed by atoms with Gasteiger partial charge in [0.2, 0.25) is 0 Å². The van der Waals surface area contributed by atoms with E-state index in [1.54, 1.807) is 0 Å². The zero-order chi connectivity index (χ0) is 14.9. The van der Waals surface area contributed by atoms with Crippen LogP contribution in [0.2, 0.25) is 0 Å². The van der Waals surface area contributed by atoms with Crippen molar-refractivity contribution in [2.24, 2.45) is 10.9 Å². The van der Waals surface area contributed by atoms with Crippen LogP contribution in [-0.4, -0.2) is 48.2 Å². The van der Waals surface area contributed by atoms with E-state index in [-0.39, 0.29) is 5.84 Å². The van der Waals surface area contributed by atoms with Gasteiger partial charge in [-0.3, -0.25) is 4.90 Å². The van der Waals surface area contributed by atoms with E-state index in [9.17, 15) is 0 Å². The molecule has 1 aromatic carbocycles. The van der Waals surface area contributed by atoms with Crippen molar-refractivity contribution in [3.8, 4) is 0 Å². The predicted molar refractivity (Wildman–Crippen MR) is 85.6 cm³/mol. The maximum atomic E-state index is 9.00. The number of nitrogens with zero attached hydrogens (tertiary/aromatic N) is 3. The summed E-state index contributed by atoms with van der Waals surface area (Å²) in [6, 6.07) is 6.81. The summed E-state index contributed by atoms with van der Waals surface area (Å²) in [6.07, 6.45) is 0. The molecule has 1 aliphatic rings. The summed E-state index contributed by atoms with van der Waals surface area (Å²) in [7, 11) is 2.15. The first-order valence-electron chi connectivity index (χ1n) is 6.69. The normalized spacial score (nSPS) is 25.0. The first kappa shape index (κ1) is 15.1. The highest BCUT2D eigenvalue weighted by Gasteiger charge is 2.28. The Morgan fingerprint density at radius 2 is 1.95 bits per heavy atom. The summed E-state index contributed by atoms with van der Waals surface area (Å²) in [4.78, 5) is 4.67. The minimum Gasteiger partial charge on any atom is -0.409 e. The van der Waals surface area contributed by atoms with Gasteiger partial charge >= 0.3 is 0 Å². The van der Waals surface area contributed by atoms with Crippen molar-refractivity contribution in [3.63, 3.8) is 0 Å². The van der Waals surface area contributed by atoms with Gasteiger partial charge in [-0.25, -0.2) is 0 Å². The summed E-state index contributed by atoms with van der Waals surface area (Å²) < 4.78 is 0.838. The number of amidine groups is 1. The van der Waals surface area contributed by atoms with Gasteiger partial charge in [0, 0.05) is 35.3 Å². The second kappa shape index (κ2) is 6.01. The molecule has 0 aromatic heterocycles. The van der Waals surface area contributed by atoms with Gasteiger partial charge in [0.25, 0.3) is 0 Å². The van der Waals surface area contributed by atoms with Crippen molar-refractivity contribution < 1.29 is 5.21 Å². The lowest BCUT2D eigenvalue weighted by Gasteiger charge is -2.44. The standard InChI is InChI=1S/C14H21BrN4O/c1-9-7-19(8-10(2)18(9)3)12-6-4-5-11(15)13(12)14(16)17-20/h4-6,9-10,20H,7-8H2,1-3H3,(H2,16,17). The highest BCUT2D eigenvalue weighted by atomic mass is 79.9. The van der Waals surface area contributed by atoms with Crippen molar-refractivity contribution in [3.05, 3.63) is 28.2 Å². The van der Waals surface area contributed by atoms with Gasteiger partial charge in [0.15, 0.2) is 5.84 Å². The van der Waals surface area contributed by atoms with Gasteiger partial charge < -0.3 is 15.8 Å². The third kappa shape index (κ3) is 2.76. The Labute approximate surface area is 128 Å². The SMILES string of the molecule is CC1CN(c2cccc(Br)c2/C(N)=N/O)CC(C)N1C. The van der Waals surface area contributed by atoms with E-state index in [0.717, 1.165) is 28.8 Å². The molecule has 2 atom stereocenters. The molecule has 0 saturated carbocycles. The number of benzene rings is 1.